The molecule has 0 bridgehead atoms. The predicted octanol–water partition coefficient (Wildman–Crippen LogP) is 2.15. The molecule has 0 unspecified atom stereocenters. The lowest BCUT2D eigenvalue weighted by atomic mass is 10.0. The van der Waals surface area contributed by atoms with E-state index in [0.29, 0.717) is 12.5 Å². The van der Waals surface area contributed by atoms with Crippen LogP contribution in [-0.2, 0) is 20.1 Å². The third-order valence-corrected chi connectivity index (χ3v) is 4.50. The molecule has 2 rings (SSSR count). The van der Waals surface area contributed by atoms with E-state index in [2.05, 4.69) is 41.1 Å². The molecule has 0 amide bonds. The minimum atomic E-state index is 0.0594. The highest BCUT2D eigenvalue weighted by molar-refractivity contribution is 5.27. The lowest BCUT2D eigenvalue weighted by Gasteiger charge is -2.33. The lowest BCUT2D eigenvalue weighted by Crippen LogP contribution is -2.41. The smallest absolute Gasteiger partial charge is 0.146 e. The first-order chi connectivity index (χ1) is 11.5. The monoisotopic (exact) mass is 332 g/mol. The molecule has 1 atom stereocenters. The zero-order chi connectivity index (χ0) is 17.7. The van der Waals surface area contributed by atoms with Gasteiger partial charge < -0.3 is 14.4 Å². The van der Waals surface area contributed by atoms with Gasteiger partial charge in [0.15, 0.2) is 0 Å². The standard InChI is InChI=1S/C18H28N4O2/c1-13(2)17(12-23)22(11-18-20-19-14(3)21(18)4)10-15-6-8-16(24-5)9-7-15/h6-9,13,17,23H,10-12H2,1-5H3/t17-/m1/s1. The van der Waals surface area contributed by atoms with E-state index in [-0.39, 0.29) is 12.6 Å². The molecule has 0 saturated heterocycles. The average Bonchev–Trinajstić information content (AvgIpc) is 2.88. The van der Waals surface area contributed by atoms with Gasteiger partial charge >= 0.3 is 0 Å². The molecule has 1 aromatic carbocycles. The molecule has 0 aliphatic heterocycles. The van der Waals surface area contributed by atoms with E-state index in [4.69, 9.17) is 4.74 Å². The molecule has 6 nitrogen and oxygen atoms in total. The maximum atomic E-state index is 9.88. The van der Waals surface area contributed by atoms with Crippen LogP contribution in [0.1, 0.15) is 31.1 Å². The van der Waals surface area contributed by atoms with Crippen LogP contribution in [0.5, 0.6) is 5.75 Å². The highest BCUT2D eigenvalue weighted by Gasteiger charge is 2.23. The molecule has 2 aromatic rings. The van der Waals surface area contributed by atoms with Crippen LogP contribution in [-0.4, -0.2) is 44.5 Å². The molecule has 0 spiro atoms. The molecule has 24 heavy (non-hydrogen) atoms. The number of hydrogen-bond donors (Lipinski definition) is 1. The van der Waals surface area contributed by atoms with E-state index in [1.165, 1.54) is 5.56 Å². The summed E-state index contributed by atoms with van der Waals surface area (Å²) in [7, 11) is 3.64. The summed E-state index contributed by atoms with van der Waals surface area (Å²) in [6, 6.07) is 8.10. The first-order valence-corrected chi connectivity index (χ1v) is 8.29. The quantitative estimate of drug-likeness (QED) is 0.802. The van der Waals surface area contributed by atoms with Gasteiger partial charge in [-0.1, -0.05) is 26.0 Å². The highest BCUT2D eigenvalue weighted by atomic mass is 16.5. The SMILES string of the molecule is COc1ccc(CN(Cc2nnc(C)n2C)[C@H](CO)C(C)C)cc1. The number of methoxy groups -OCH3 is 1. The van der Waals surface area contributed by atoms with Crippen LogP contribution in [0, 0.1) is 12.8 Å². The second kappa shape index (κ2) is 8.26. The third-order valence-electron chi connectivity index (χ3n) is 4.50. The van der Waals surface area contributed by atoms with Crippen molar-refractivity contribution in [2.24, 2.45) is 13.0 Å². The molecule has 6 heteroatoms. The van der Waals surface area contributed by atoms with E-state index in [9.17, 15) is 5.11 Å². The van der Waals surface area contributed by atoms with E-state index in [1.807, 2.05) is 30.7 Å². The fraction of sp³-hybridized carbons (Fsp3) is 0.556. The summed E-state index contributed by atoms with van der Waals surface area (Å²) >= 11 is 0. The molecular weight excluding hydrogens is 304 g/mol. The summed E-state index contributed by atoms with van der Waals surface area (Å²) in [5.74, 6) is 2.97. The Hall–Kier alpha value is -1.92. The van der Waals surface area contributed by atoms with Crippen molar-refractivity contribution in [2.45, 2.75) is 39.9 Å². The molecule has 1 aromatic heterocycles. The Morgan fingerprint density at radius 2 is 1.83 bits per heavy atom. The van der Waals surface area contributed by atoms with E-state index in [1.54, 1.807) is 7.11 Å². The minimum absolute atomic E-state index is 0.0594. The van der Waals surface area contributed by atoms with Crippen molar-refractivity contribution < 1.29 is 9.84 Å². The van der Waals surface area contributed by atoms with Crippen LogP contribution in [0.3, 0.4) is 0 Å². The average molecular weight is 332 g/mol. The number of rotatable bonds is 8. The van der Waals surface area contributed by atoms with Gasteiger partial charge in [0, 0.05) is 19.6 Å². The Balaban J connectivity index is 2.22. The van der Waals surface area contributed by atoms with Crippen LogP contribution in [0.2, 0.25) is 0 Å². The van der Waals surface area contributed by atoms with Gasteiger partial charge in [0.2, 0.25) is 0 Å². The van der Waals surface area contributed by atoms with Gasteiger partial charge in [0.25, 0.3) is 0 Å². The fourth-order valence-corrected chi connectivity index (χ4v) is 2.77. The van der Waals surface area contributed by atoms with Crippen LogP contribution in [0.4, 0.5) is 0 Å². The number of aliphatic hydroxyl groups excluding tert-OH is 1. The molecule has 0 aliphatic rings. The van der Waals surface area contributed by atoms with Gasteiger partial charge in [-0.2, -0.15) is 0 Å². The Bertz CT molecular complexity index is 637. The van der Waals surface area contributed by atoms with Gasteiger partial charge in [-0.15, -0.1) is 10.2 Å². The van der Waals surface area contributed by atoms with E-state index in [0.717, 1.165) is 23.9 Å². The Morgan fingerprint density at radius 3 is 2.29 bits per heavy atom. The Labute approximate surface area is 144 Å². The molecular formula is C18H28N4O2. The van der Waals surface area contributed by atoms with Gasteiger partial charge in [-0.3, -0.25) is 4.90 Å². The summed E-state index contributed by atoms with van der Waals surface area (Å²) in [6.07, 6.45) is 0. The fourth-order valence-electron chi connectivity index (χ4n) is 2.77. The van der Waals surface area contributed by atoms with Crippen molar-refractivity contribution in [2.75, 3.05) is 13.7 Å². The van der Waals surface area contributed by atoms with E-state index < -0.39 is 0 Å². The summed E-state index contributed by atoms with van der Waals surface area (Å²) in [4.78, 5) is 2.26. The van der Waals surface area contributed by atoms with Crippen LogP contribution in [0.15, 0.2) is 24.3 Å². The van der Waals surface area contributed by atoms with Crippen LogP contribution in [0.25, 0.3) is 0 Å². The van der Waals surface area contributed by atoms with E-state index >= 15 is 0 Å². The topological polar surface area (TPSA) is 63.4 Å². The highest BCUT2D eigenvalue weighted by Crippen LogP contribution is 2.19. The number of aryl methyl sites for hydroxylation is 1. The van der Waals surface area contributed by atoms with Gasteiger partial charge in [-0.05, 0) is 30.5 Å². The van der Waals surface area contributed by atoms with Crippen molar-refractivity contribution in [1.29, 1.82) is 0 Å². The number of ether oxygens (including phenoxy) is 1. The Morgan fingerprint density at radius 1 is 1.17 bits per heavy atom. The second-order valence-electron chi connectivity index (χ2n) is 6.47. The lowest BCUT2D eigenvalue weighted by molar-refractivity contribution is 0.0755. The largest absolute Gasteiger partial charge is 0.497 e. The van der Waals surface area contributed by atoms with Gasteiger partial charge in [0.05, 0.1) is 20.3 Å². The molecule has 0 fully saturated rings. The zero-order valence-electron chi connectivity index (χ0n) is 15.2. The van der Waals surface area contributed by atoms with Crippen molar-refractivity contribution in [3.05, 3.63) is 41.5 Å². The molecule has 1 heterocycles. The molecule has 1 N–H and O–H groups in total. The maximum Gasteiger partial charge on any atom is 0.146 e. The number of hydrogen-bond acceptors (Lipinski definition) is 5. The summed E-state index contributed by atoms with van der Waals surface area (Å²) in [5, 5.41) is 18.3. The molecule has 132 valence electrons. The summed E-state index contributed by atoms with van der Waals surface area (Å²) in [5.41, 5.74) is 1.17. The number of aliphatic hydroxyl groups is 1. The molecule has 0 radical (unpaired) electrons. The first-order valence-electron chi connectivity index (χ1n) is 8.29. The predicted molar refractivity (Wildman–Crippen MR) is 93.7 cm³/mol. The Kier molecular flexibility index (Phi) is 6.34. The summed E-state index contributed by atoms with van der Waals surface area (Å²) in [6.45, 7) is 7.70. The minimum Gasteiger partial charge on any atom is -0.497 e. The maximum absolute atomic E-state index is 9.88. The summed E-state index contributed by atoms with van der Waals surface area (Å²) < 4.78 is 7.22. The van der Waals surface area contributed by atoms with Gasteiger partial charge in [-0.25, -0.2) is 0 Å². The zero-order valence-corrected chi connectivity index (χ0v) is 15.2. The normalized spacial score (nSPS) is 12.8. The molecule has 0 saturated carbocycles. The third kappa shape index (κ3) is 4.33. The van der Waals surface area contributed by atoms with Crippen molar-refractivity contribution >= 4 is 0 Å². The first kappa shape index (κ1) is 18.4. The van der Waals surface area contributed by atoms with Crippen LogP contribution >= 0.6 is 0 Å². The van der Waals surface area contributed by atoms with Crippen LogP contribution < -0.4 is 4.74 Å². The second-order valence-corrected chi connectivity index (χ2v) is 6.47. The van der Waals surface area contributed by atoms with Crippen molar-refractivity contribution in [3.8, 4) is 5.75 Å². The van der Waals surface area contributed by atoms with Crippen molar-refractivity contribution in [3.63, 3.8) is 0 Å². The van der Waals surface area contributed by atoms with Crippen molar-refractivity contribution in [1.82, 2.24) is 19.7 Å². The number of benzene rings is 1. The number of nitrogens with zero attached hydrogens (tertiary/aromatic N) is 4. The number of aromatic nitrogens is 3. The van der Waals surface area contributed by atoms with Gasteiger partial charge in [0.1, 0.15) is 17.4 Å². The molecule has 0 aliphatic carbocycles.